The Balaban J connectivity index is 2.54. The lowest BCUT2D eigenvalue weighted by Gasteiger charge is -1.98. The van der Waals surface area contributed by atoms with E-state index in [0.717, 1.165) is 12.2 Å². The molecule has 0 heterocycles. The fraction of sp³-hybridized carbons (Fsp3) is 0. The van der Waals surface area contributed by atoms with Gasteiger partial charge < -0.3 is 10.3 Å². The average molecular weight is 62.5 g/mol. The van der Waals surface area contributed by atoms with E-state index >= 15 is 0 Å². The topological polar surface area (TPSA) is 29.3 Å². The Morgan fingerprint density at radius 3 is 1.80 bits per heavy atom. The van der Waals surface area contributed by atoms with Gasteiger partial charge >= 0.3 is 0 Å². The second-order valence-corrected chi connectivity index (χ2v) is 0.596. The van der Waals surface area contributed by atoms with Crippen molar-refractivity contribution in [3.63, 3.8) is 0 Å². The largest absolute Gasteiger partial charge is 0.437 e. The third-order valence-electron chi connectivity index (χ3n) is 0.172. The van der Waals surface area contributed by atoms with E-state index in [2.05, 4.69) is 0 Å². The van der Waals surface area contributed by atoms with Crippen LogP contribution in [0.15, 0.2) is 0 Å². The third-order valence-corrected chi connectivity index (χ3v) is 0.172. The molecule has 0 spiro atoms. The Bertz CT molecular complexity index is 18.9. The second kappa shape index (κ2) is 2.36. The summed E-state index contributed by atoms with van der Waals surface area (Å²) in [6.07, 6.45) is 0. The van der Waals surface area contributed by atoms with Crippen molar-refractivity contribution in [1.29, 1.82) is 0 Å². The van der Waals surface area contributed by atoms with Crippen molar-refractivity contribution in [1.82, 2.24) is 4.63 Å². The number of nitrogens with zero attached hydrogens (tertiary/aromatic N) is 1. The van der Waals surface area contributed by atoms with E-state index < -0.39 is 0 Å². The van der Waals surface area contributed by atoms with Gasteiger partial charge in [-0.1, -0.05) is 0 Å². The van der Waals surface area contributed by atoms with Gasteiger partial charge in [-0.3, -0.25) is 0 Å². The minimum Gasteiger partial charge on any atom is -0.437 e. The summed E-state index contributed by atoms with van der Waals surface area (Å²) in [6, 6.07) is 0. The highest BCUT2D eigenvalue weighted by Crippen LogP contribution is 1.46. The number of hydrogen-bond acceptors (Lipinski definition) is 2. The van der Waals surface area contributed by atoms with Gasteiger partial charge in [0, 0.05) is 0 Å². The molecule has 0 aromatic carbocycles. The number of hydrogen-bond donors (Lipinski definition) is 1. The molecule has 0 amide bonds. The maximum absolute atomic E-state index is 4.72. The highest BCUT2D eigenvalue weighted by Gasteiger charge is 1.78. The average Bonchev–Trinajstić information content (AvgIpc) is 1.38. The summed E-state index contributed by atoms with van der Waals surface area (Å²) in [7, 11) is 10.5. The summed E-state index contributed by atoms with van der Waals surface area (Å²) >= 11 is 0. The molecule has 0 saturated carbocycles. The lowest BCUT2D eigenvalue weighted by atomic mass is 9.97. The van der Waals surface area contributed by atoms with Crippen LogP contribution in [0.2, 0.25) is 0 Å². The van der Waals surface area contributed by atoms with Crippen LogP contribution in [0.4, 0.5) is 0 Å². The highest BCUT2D eigenvalue weighted by atomic mass is 14.9. The van der Waals surface area contributed by atoms with E-state index in [1.54, 1.807) is 0 Å². The first-order chi connectivity index (χ1) is 2.27. The Morgan fingerprint density at radius 1 is 1.60 bits per heavy atom. The molecule has 0 aromatic heterocycles. The molecule has 0 fully saturated rings. The molecule has 0 aliphatic heterocycles. The Morgan fingerprint density at radius 2 is 1.80 bits per heavy atom. The zero-order chi connectivity index (χ0) is 4.28. The van der Waals surface area contributed by atoms with E-state index in [4.69, 9.17) is 21.6 Å². The first-order valence-electron chi connectivity index (χ1n) is 1.11. The van der Waals surface area contributed by atoms with Gasteiger partial charge in [0.05, 0.1) is 0 Å². The minimum absolute atomic E-state index is 0.778. The smallest absolute Gasteiger partial charge is 0.281 e. The van der Waals surface area contributed by atoms with Crippen molar-refractivity contribution < 1.29 is 0 Å². The zero-order valence-electron chi connectivity index (χ0n) is 2.76. The molecular formula is H2B3N2. The molecule has 0 unspecified atom stereocenters. The Labute approximate surface area is 34.9 Å². The number of nitrogens with two attached hydrogens (primary N) is 1. The fourth-order valence-electron chi connectivity index (χ4n) is 0. The van der Waals surface area contributed by atoms with Crippen LogP contribution in [-0.2, 0) is 0 Å². The van der Waals surface area contributed by atoms with Gasteiger partial charge in [-0.05, 0) is 0 Å². The summed E-state index contributed by atoms with van der Waals surface area (Å²) < 4.78 is 0.778. The lowest BCUT2D eigenvalue weighted by molar-refractivity contribution is 1.14. The van der Waals surface area contributed by atoms with Crippen LogP contribution in [0.3, 0.4) is 0 Å². The molecule has 2 N–H and O–H groups in total. The van der Waals surface area contributed by atoms with Crippen LogP contribution in [-0.4, -0.2) is 28.1 Å². The second-order valence-electron chi connectivity index (χ2n) is 0.596. The maximum Gasteiger partial charge on any atom is 0.281 e. The first kappa shape index (κ1) is 5.11. The van der Waals surface area contributed by atoms with Crippen molar-refractivity contribution in [3.8, 4) is 0 Å². The van der Waals surface area contributed by atoms with Crippen LogP contribution in [0, 0.1) is 0 Å². The van der Waals surface area contributed by atoms with Crippen molar-refractivity contribution in [2.45, 2.75) is 0 Å². The summed E-state index contributed by atoms with van der Waals surface area (Å²) in [6.45, 7) is 0. The molecule has 0 bridgehead atoms. The van der Waals surface area contributed by atoms with Crippen LogP contribution in [0.5, 0.6) is 0 Å². The SMILES string of the molecule is [B]N([B])[B]N. The standard InChI is InChI=1S/B3H2N2/c1-5(2)3-4/h4H2. The lowest BCUT2D eigenvalue weighted by Crippen LogP contribution is -2.28. The molecule has 5 heteroatoms. The molecule has 0 aliphatic carbocycles. The molecule has 0 atom stereocenters. The minimum atomic E-state index is 0.778. The van der Waals surface area contributed by atoms with Crippen molar-refractivity contribution in [3.05, 3.63) is 0 Å². The van der Waals surface area contributed by atoms with E-state index in [1.165, 1.54) is 0 Å². The first-order valence-corrected chi connectivity index (χ1v) is 1.11. The quantitative estimate of drug-likeness (QED) is 0.354. The molecule has 21 valence electrons. The highest BCUT2D eigenvalue weighted by molar-refractivity contribution is 6.50. The summed E-state index contributed by atoms with van der Waals surface area (Å²) in [5, 5.41) is 0. The number of rotatable bonds is 1. The molecule has 0 rings (SSSR count). The predicted octanol–water partition coefficient (Wildman–Crippen LogP) is -2.05. The van der Waals surface area contributed by atoms with Gasteiger partial charge in [0.2, 0.25) is 0 Å². The van der Waals surface area contributed by atoms with E-state index in [1.807, 2.05) is 0 Å². The molecule has 0 saturated heterocycles. The van der Waals surface area contributed by atoms with Crippen molar-refractivity contribution >= 4 is 23.5 Å². The summed E-state index contributed by atoms with van der Waals surface area (Å²) in [5.41, 5.74) is 4.72. The van der Waals surface area contributed by atoms with Gasteiger partial charge in [0.15, 0.2) is 16.0 Å². The molecular weight excluding hydrogens is 60.4 g/mol. The van der Waals surface area contributed by atoms with E-state index in [-0.39, 0.29) is 0 Å². The maximum atomic E-state index is 4.72. The van der Waals surface area contributed by atoms with Crippen molar-refractivity contribution in [2.75, 3.05) is 0 Å². The summed E-state index contributed by atoms with van der Waals surface area (Å²) in [5.74, 6) is 0. The summed E-state index contributed by atoms with van der Waals surface area (Å²) in [4.78, 5) is 0. The molecule has 5 radical (unpaired) electrons. The molecule has 5 heavy (non-hydrogen) atoms. The Kier molecular flexibility index (Phi) is 2.41. The third kappa shape index (κ3) is 4.11. The fourth-order valence-corrected chi connectivity index (χ4v) is 0. The van der Waals surface area contributed by atoms with Crippen LogP contribution in [0.25, 0.3) is 0 Å². The van der Waals surface area contributed by atoms with Gasteiger partial charge in [-0.15, -0.1) is 0 Å². The van der Waals surface area contributed by atoms with Crippen LogP contribution < -0.4 is 5.64 Å². The predicted molar refractivity (Wildman–Crippen MR) is 23.3 cm³/mol. The van der Waals surface area contributed by atoms with Crippen LogP contribution >= 0.6 is 0 Å². The Hall–Kier alpha value is 0.115. The normalized spacial score (nSPS) is 8.40. The molecule has 0 aliphatic rings. The zero-order valence-corrected chi connectivity index (χ0v) is 2.76. The van der Waals surface area contributed by atoms with E-state index in [0.29, 0.717) is 0 Å². The van der Waals surface area contributed by atoms with E-state index in [9.17, 15) is 0 Å². The van der Waals surface area contributed by atoms with Gasteiger partial charge in [-0.25, -0.2) is 0 Å². The molecule has 2 nitrogen and oxygen atoms in total. The van der Waals surface area contributed by atoms with Gasteiger partial charge in [0.1, 0.15) is 0 Å². The van der Waals surface area contributed by atoms with Crippen molar-refractivity contribution in [2.24, 2.45) is 5.64 Å². The van der Waals surface area contributed by atoms with Gasteiger partial charge in [0.25, 0.3) is 7.55 Å². The van der Waals surface area contributed by atoms with Crippen LogP contribution in [0.1, 0.15) is 0 Å². The molecule has 0 aromatic rings. The monoisotopic (exact) mass is 63.0 g/mol. The van der Waals surface area contributed by atoms with Gasteiger partial charge in [-0.2, -0.15) is 0 Å².